The van der Waals surface area contributed by atoms with Gasteiger partial charge in [0.1, 0.15) is 0 Å². The van der Waals surface area contributed by atoms with Gasteiger partial charge >= 0.3 is 0 Å². The average molecular weight is 522 g/mol. The SMILES string of the molecule is CC(C)(C)c1cc2c(c(C(C)(C)C)c1)C(C1CCCCC1)(C1CCCCC1)c1ccc(Br)cc1-2. The molecule has 0 aliphatic heterocycles. The first-order valence-corrected chi connectivity index (χ1v) is 14.8. The monoisotopic (exact) mass is 520 g/mol. The van der Waals surface area contributed by atoms with E-state index in [1.165, 1.54) is 79.8 Å². The zero-order valence-corrected chi connectivity index (χ0v) is 24.1. The number of rotatable bonds is 2. The minimum atomic E-state index is 0.124. The van der Waals surface area contributed by atoms with Crippen molar-refractivity contribution < 1.29 is 0 Å². The lowest BCUT2D eigenvalue weighted by Gasteiger charge is -2.50. The molecule has 0 heterocycles. The largest absolute Gasteiger partial charge is 0.0564 e. The fourth-order valence-corrected chi connectivity index (χ4v) is 8.22. The van der Waals surface area contributed by atoms with Gasteiger partial charge in [-0.05, 0) is 93.9 Å². The smallest absolute Gasteiger partial charge is 0.0274 e. The highest BCUT2D eigenvalue weighted by molar-refractivity contribution is 9.10. The second-order valence-corrected chi connectivity index (χ2v) is 14.6. The molecule has 2 aromatic carbocycles. The predicted octanol–water partition coefficient (Wildman–Crippen LogP) is 10.5. The predicted molar refractivity (Wildman–Crippen MR) is 151 cm³/mol. The van der Waals surface area contributed by atoms with Crippen LogP contribution in [-0.4, -0.2) is 0 Å². The molecule has 0 N–H and O–H groups in total. The molecular formula is C33H45Br. The van der Waals surface area contributed by atoms with Crippen LogP contribution in [0.4, 0.5) is 0 Å². The van der Waals surface area contributed by atoms with Crippen molar-refractivity contribution in [2.45, 2.75) is 122 Å². The minimum Gasteiger partial charge on any atom is -0.0564 e. The summed E-state index contributed by atoms with van der Waals surface area (Å²) in [7, 11) is 0. The maximum Gasteiger partial charge on any atom is 0.0274 e. The summed E-state index contributed by atoms with van der Waals surface area (Å²) in [6.45, 7) is 14.5. The highest BCUT2D eigenvalue weighted by atomic mass is 79.9. The molecule has 1 heteroatoms. The molecular weight excluding hydrogens is 476 g/mol. The van der Waals surface area contributed by atoms with E-state index in [4.69, 9.17) is 0 Å². The molecule has 34 heavy (non-hydrogen) atoms. The Kier molecular flexibility index (Phi) is 6.36. The summed E-state index contributed by atoms with van der Waals surface area (Å²) in [5.74, 6) is 1.54. The van der Waals surface area contributed by atoms with Gasteiger partial charge in [-0.15, -0.1) is 0 Å². The highest BCUT2D eigenvalue weighted by Crippen LogP contribution is 2.64. The average Bonchev–Trinajstić information content (AvgIpc) is 3.09. The lowest BCUT2D eigenvalue weighted by atomic mass is 9.53. The zero-order chi connectivity index (χ0) is 24.3. The molecule has 2 saturated carbocycles. The Bertz CT molecular complexity index is 1030. The van der Waals surface area contributed by atoms with E-state index >= 15 is 0 Å². The second kappa shape index (κ2) is 8.79. The van der Waals surface area contributed by atoms with E-state index in [1.54, 1.807) is 22.3 Å². The molecule has 0 nitrogen and oxygen atoms in total. The molecule has 3 aliphatic rings. The first-order valence-electron chi connectivity index (χ1n) is 14.0. The van der Waals surface area contributed by atoms with Gasteiger partial charge in [0.15, 0.2) is 0 Å². The Hall–Kier alpha value is -1.08. The molecule has 3 aliphatic carbocycles. The number of fused-ring (bicyclic) bond motifs is 3. The van der Waals surface area contributed by atoms with Crippen LogP contribution in [-0.2, 0) is 16.2 Å². The molecule has 0 unspecified atom stereocenters. The van der Waals surface area contributed by atoms with E-state index in [-0.39, 0.29) is 16.2 Å². The number of hydrogen-bond acceptors (Lipinski definition) is 0. The van der Waals surface area contributed by atoms with Crippen LogP contribution in [0.2, 0.25) is 0 Å². The third-order valence-corrected chi connectivity index (χ3v) is 9.94. The molecule has 0 atom stereocenters. The number of halogens is 1. The Morgan fingerprint density at radius 1 is 0.676 bits per heavy atom. The number of hydrogen-bond donors (Lipinski definition) is 0. The van der Waals surface area contributed by atoms with E-state index in [0.717, 1.165) is 11.8 Å². The van der Waals surface area contributed by atoms with Crippen molar-refractivity contribution in [2.75, 3.05) is 0 Å². The van der Waals surface area contributed by atoms with Crippen LogP contribution in [0.5, 0.6) is 0 Å². The van der Waals surface area contributed by atoms with Crippen molar-refractivity contribution in [3.63, 3.8) is 0 Å². The molecule has 5 rings (SSSR count). The Balaban J connectivity index is 1.90. The molecule has 0 radical (unpaired) electrons. The van der Waals surface area contributed by atoms with Gasteiger partial charge in [0.05, 0.1) is 0 Å². The van der Waals surface area contributed by atoms with Gasteiger partial charge in [-0.1, -0.05) is 114 Å². The third kappa shape index (κ3) is 3.93. The van der Waals surface area contributed by atoms with E-state index in [1.807, 2.05) is 0 Å². The highest BCUT2D eigenvalue weighted by Gasteiger charge is 2.55. The summed E-state index contributed by atoms with van der Waals surface area (Å²) < 4.78 is 1.22. The van der Waals surface area contributed by atoms with Crippen LogP contribution in [0.1, 0.15) is 128 Å². The fraction of sp³-hybridized carbons (Fsp3) is 0.636. The van der Waals surface area contributed by atoms with Gasteiger partial charge in [-0.3, -0.25) is 0 Å². The van der Waals surface area contributed by atoms with Crippen LogP contribution in [0.15, 0.2) is 34.8 Å². The fourth-order valence-electron chi connectivity index (χ4n) is 7.86. The quantitative estimate of drug-likeness (QED) is 0.369. The van der Waals surface area contributed by atoms with Crippen LogP contribution < -0.4 is 0 Å². The van der Waals surface area contributed by atoms with Crippen molar-refractivity contribution in [2.24, 2.45) is 11.8 Å². The first-order chi connectivity index (χ1) is 16.0. The third-order valence-electron chi connectivity index (χ3n) is 9.44. The Labute approximate surface area is 217 Å². The molecule has 0 bridgehead atoms. The van der Waals surface area contributed by atoms with Gasteiger partial charge in [-0.25, -0.2) is 0 Å². The summed E-state index contributed by atoms with van der Waals surface area (Å²) in [4.78, 5) is 0. The molecule has 0 saturated heterocycles. The topological polar surface area (TPSA) is 0 Å². The lowest BCUT2D eigenvalue weighted by molar-refractivity contribution is 0.136. The summed E-state index contributed by atoms with van der Waals surface area (Å²) in [6.07, 6.45) is 14.1. The van der Waals surface area contributed by atoms with Crippen molar-refractivity contribution in [1.29, 1.82) is 0 Å². The summed E-state index contributed by atoms with van der Waals surface area (Å²) in [5, 5.41) is 0. The molecule has 2 fully saturated rings. The standard InChI is InChI=1S/C33H45Br/c1-31(2,3)24-19-27-26-21-25(34)17-18-28(26)33(22-13-9-7-10-14-22,23-15-11-8-12-16-23)30(27)29(20-24)32(4,5)6/h17-23H,7-16H2,1-6H3. The molecule has 184 valence electrons. The van der Waals surface area contributed by atoms with E-state index in [9.17, 15) is 0 Å². The van der Waals surface area contributed by atoms with E-state index in [0.29, 0.717) is 0 Å². The summed E-state index contributed by atoms with van der Waals surface area (Å²) in [5.41, 5.74) is 10.1. The Morgan fingerprint density at radius 2 is 1.24 bits per heavy atom. The maximum atomic E-state index is 3.86. The normalized spacial score (nSPS) is 21.4. The maximum absolute atomic E-state index is 3.86. The van der Waals surface area contributed by atoms with Gasteiger partial charge in [-0.2, -0.15) is 0 Å². The second-order valence-electron chi connectivity index (χ2n) is 13.7. The summed E-state index contributed by atoms with van der Waals surface area (Å²) in [6, 6.07) is 12.6. The van der Waals surface area contributed by atoms with Crippen molar-refractivity contribution in [3.05, 3.63) is 57.1 Å². The van der Waals surface area contributed by atoms with Crippen LogP contribution in [0.3, 0.4) is 0 Å². The van der Waals surface area contributed by atoms with Crippen LogP contribution in [0, 0.1) is 11.8 Å². The first kappa shape index (κ1) is 24.6. The van der Waals surface area contributed by atoms with E-state index in [2.05, 4.69) is 87.8 Å². The lowest BCUT2D eigenvalue weighted by Crippen LogP contribution is -2.45. The van der Waals surface area contributed by atoms with Crippen LogP contribution in [0.25, 0.3) is 11.1 Å². The van der Waals surface area contributed by atoms with Gasteiger partial charge in [0, 0.05) is 9.89 Å². The summed E-state index contributed by atoms with van der Waals surface area (Å²) >= 11 is 3.86. The van der Waals surface area contributed by atoms with Crippen molar-refractivity contribution in [1.82, 2.24) is 0 Å². The molecule has 0 spiro atoms. The van der Waals surface area contributed by atoms with E-state index < -0.39 is 0 Å². The van der Waals surface area contributed by atoms with Gasteiger partial charge in [0.25, 0.3) is 0 Å². The number of benzene rings is 2. The van der Waals surface area contributed by atoms with Crippen molar-refractivity contribution >= 4 is 15.9 Å². The van der Waals surface area contributed by atoms with Crippen LogP contribution >= 0.6 is 15.9 Å². The van der Waals surface area contributed by atoms with Gasteiger partial charge < -0.3 is 0 Å². The molecule has 0 aromatic heterocycles. The Morgan fingerprint density at radius 3 is 1.74 bits per heavy atom. The van der Waals surface area contributed by atoms with Crippen molar-refractivity contribution in [3.8, 4) is 11.1 Å². The molecule has 0 amide bonds. The van der Waals surface area contributed by atoms with Gasteiger partial charge in [0.2, 0.25) is 0 Å². The zero-order valence-electron chi connectivity index (χ0n) is 22.5. The minimum absolute atomic E-state index is 0.124. The molecule has 2 aromatic rings.